The summed E-state index contributed by atoms with van der Waals surface area (Å²) in [6.45, 7) is 5.57. The standard InChI is InChI=1S/C19H27N5O5S2/c1-4-23(5-2)21-22(3)29-10-12-11-31-18-15(17(26)24(18)16(12)19(27)28)20-14(25)9-13-7-6-8-30-13/h6-8,15,18,21H,4-5,9-11H2,1-3H3,(H,20,25)(H,27,28). The highest BCUT2D eigenvalue weighted by molar-refractivity contribution is 8.00. The molecule has 1 fully saturated rings. The minimum absolute atomic E-state index is 0.0330. The summed E-state index contributed by atoms with van der Waals surface area (Å²) >= 11 is 2.89. The van der Waals surface area contributed by atoms with Crippen LogP contribution in [0.3, 0.4) is 0 Å². The number of carbonyl (C=O) groups excluding carboxylic acids is 2. The predicted octanol–water partition coefficient (Wildman–Crippen LogP) is 0.654. The summed E-state index contributed by atoms with van der Waals surface area (Å²) in [5.41, 5.74) is 3.48. The van der Waals surface area contributed by atoms with E-state index in [4.69, 9.17) is 4.84 Å². The van der Waals surface area contributed by atoms with Gasteiger partial charge in [-0.1, -0.05) is 19.9 Å². The molecule has 31 heavy (non-hydrogen) atoms. The molecule has 2 aliphatic rings. The van der Waals surface area contributed by atoms with Gasteiger partial charge in [0.05, 0.1) is 13.0 Å². The number of β-lactam (4-membered cyclic amide) rings is 1. The van der Waals surface area contributed by atoms with Crippen LogP contribution in [0.4, 0.5) is 0 Å². The summed E-state index contributed by atoms with van der Waals surface area (Å²) < 4.78 is 0. The van der Waals surface area contributed by atoms with Gasteiger partial charge < -0.3 is 10.4 Å². The molecule has 170 valence electrons. The smallest absolute Gasteiger partial charge is 0.352 e. The maximum atomic E-state index is 12.7. The van der Waals surface area contributed by atoms with Crippen LogP contribution in [0.15, 0.2) is 28.8 Å². The summed E-state index contributed by atoms with van der Waals surface area (Å²) in [5, 5.41) is 17.3. The van der Waals surface area contributed by atoms with Crippen LogP contribution in [0.5, 0.6) is 0 Å². The number of fused-ring (bicyclic) bond motifs is 1. The molecule has 0 saturated carbocycles. The number of aliphatic carboxylic acids is 1. The lowest BCUT2D eigenvalue weighted by atomic mass is 10.0. The zero-order chi connectivity index (χ0) is 22.5. The van der Waals surface area contributed by atoms with Crippen LogP contribution >= 0.6 is 23.1 Å². The van der Waals surface area contributed by atoms with E-state index in [1.165, 1.54) is 33.2 Å². The lowest BCUT2D eigenvalue weighted by molar-refractivity contribution is -0.210. The van der Waals surface area contributed by atoms with Crippen LogP contribution in [0.2, 0.25) is 0 Å². The van der Waals surface area contributed by atoms with Gasteiger partial charge in [0.2, 0.25) is 5.91 Å². The molecule has 0 radical (unpaired) electrons. The molecule has 3 N–H and O–H groups in total. The molecule has 2 unspecified atom stereocenters. The van der Waals surface area contributed by atoms with Gasteiger partial charge in [-0.25, -0.2) is 9.80 Å². The topological polar surface area (TPSA) is 114 Å². The van der Waals surface area contributed by atoms with E-state index in [1.54, 1.807) is 7.05 Å². The molecule has 10 nitrogen and oxygen atoms in total. The number of thiophene rings is 1. The van der Waals surface area contributed by atoms with Crippen molar-refractivity contribution in [3.8, 4) is 0 Å². The van der Waals surface area contributed by atoms with Crippen LogP contribution in [-0.2, 0) is 25.6 Å². The van der Waals surface area contributed by atoms with Gasteiger partial charge in [-0.3, -0.25) is 19.3 Å². The second-order valence-electron chi connectivity index (χ2n) is 7.01. The monoisotopic (exact) mass is 469 g/mol. The summed E-state index contributed by atoms with van der Waals surface area (Å²) in [7, 11) is 1.69. The van der Waals surface area contributed by atoms with Crippen molar-refractivity contribution in [3.05, 3.63) is 33.7 Å². The van der Waals surface area contributed by atoms with Crippen LogP contribution in [0.25, 0.3) is 0 Å². The molecule has 1 saturated heterocycles. The first kappa shape index (κ1) is 23.7. The molecular weight excluding hydrogens is 442 g/mol. The largest absolute Gasteiger partial charge is 0.477 e. The average Bonchev–Trinajstić information content (AvgIpc) is 3.26. The highest BCUT2D eigenvalue weighted by atomic mass is 32.2. The Kier molecular flexibility index (Phi) is 8.08. The average molecular weight is 470 g/mol. The number of rotatable bonds is 11. The number of hydroxylamine groups is 1. The fourth-order valence-corrected chi connectivity index (χ4v) is 5.39. The molecule has 0 aromatic carbocycles. The van der Waals surface area contributed by atoms with Crippen molar-refractivity contribution < 1.29 is 24.3 Å². The normalized spacial score (nSPS) is 20.8. The maximum Gasteiger partial charge on any atom is 0.352 e. The van der Waals surface area contributed by atoms with Gasteiger partial charge in [0.1, 0.15) is 17.1 Å². The Labute approximate surface area is 189 Å². The highest BCUT2D eigenvalue weighted by Gasteiger charge is 2.54. The lowest BCUT2D eigenvalue weighted by Crippen LogP contribution is -2.70. The summed E-state index contributed by atoms with van der Waals surface area (Å²) in [6.07, 6.45) is 0.200. The van der Waals surface area contributed by atoms with Crippen LogP contribution < -0.4 is 10.9 Å². The third kappa shape index (κ3) is 5.45. The molecule has 2 atom stereocenters. The van der Waals surface area contributed by atoms with Crippen molar-refractivity contribution >= 4 is 40.9 Å². The quantitative estimate of drug-likeness (QED) is 0.317. The zero-order valence-electron chi connectivity index (χ0n) is 17.7. The Bertz CT molecular complexity index is 843. The van der Waals surface area contributed by atoms with E-state index >= 15 is 0 Å². The number of carbonyl (C=O) groups is 3. The van der Waals surface area contributed by atoms with Crippen molar-refractivity contribution in [3.63, 3.8) is 0 Å². The Morgan fingerprint density at radius 3 is 2.71 bits per heavy atom. The van der Waals surface area contributed by atoms with Crippen molar-refractivity contribution in [2.45, 2.75) is 31.7 Å². The van der Waals surface area contributed by atoms with Crippen molar-refractivity contribution in [1.29, 1.82) is 0 Å². The lowest BCUT2D eigenvalue weighted by Gasteiger charge is -2.49. The van der Waals surface area contributed by atoms with Gasteiger partial charge in [0, 0.05) is 30.8 Å². The SMILES string of the molecule is CCN(CC)NN(C)OCC1=C(C(=O)O)N2C(=O)C(NC(=O)Cc3cccs3)C2SC1. The van der Waals surface area contributed by atoms with E-state index in [-0.39, 0.29) is 24.6 Å². The van der Waals surface area contributed by atoms with E-state index in [0.29, 0.717) is 11.3 Å². The molecule has 0 bridgehead atoms. The predicted molar refractivity (Wildman–Crippen MR) is 117 cm³/mol. The number of nitrogens with zero attached hydrogens (tertiary/aromatic N) is 3. The molecule has 12 heteroatoms. The van der Waals surface area contributed by atoms with Crippen molar-refractivity contribution in [2.75, 3.05) is 32.5 Å². The Morgan fingerprint density at radius 1 is 1.35 bits per heavy atom. The zero-order valence-corrected chi connectivity index (χ0v) is 19.3. The molecule has 3 heterocycles. The third-order valence-electron chi connectivity index (χ3n) is 4.96. The maximum absolute atomic E-state index is 12.7. The number of nitrogens with one attached hydrogen (secondary N) is 2. The molecule has 1 aromatic rings. The molecule has 3 rings (SSSR count). The van der Waals surface area contributed by atoms with Crippen LogP contribution in [-0.4, -0.2) is 81.9 Å². The molecule has 2 amide bonds. The second-order valence-corrected chi connectivity index (χ2v) is 9.15. The number of thioether (sulfide) groups is 1. The van der Waals surface area contributed by atoms with Crippen molar-refractivity contribution in [1.82, 2.24) is 25.9 Å². The van der Waals surface area contributed by atoms with Gasteiger partial charge in [-0.05, 0) is 17.0 Å². The van der Waals surface area contributed by atoms with E-state index in [2.05, 4.69) is 10.9 Å². The van der Waals surface area contributed by atoms with Crippen molar-refractivity contribution in [2.24, 2.45) is 0 Å². The van der Waals surface area contributed by atoms with E-state index in [1.807, 2.05) is 36.4 Å². The number of amides is 2. The van der Waals surface area contributed by atoms with Crippen LogP contribution in [0, 0.1) is 0 Å². The Morgan fingerprint density at radius 2 is 2.10 bits per heavy atom. The van der Waals surface area contributed by atoms with E-state index in [0.717, 1.165) is 18.0 Å². The molecular formula is C19H27N5O5S2. The second kappa shape index (κ2) is 10.6. The third-order valence-corrected chi connectivity index (χ3v) is 7.18. The molecule has 0 spiro atoms. The molecule has 0 aliphatic carbocycles. The number of hydrazine groups is 2. The first-order valence-electron chi connectivity index (χ1n) is 9.95. The first-order valence-corrected chi connectivity index (χ1v) is 11.9. The van der Waals surface area contributed by atoms with Crippen LogP contribution in [0.1, 0.15) is 18.7 Å². The summed E-state index contributed by atoms with van der Waals surface area (Å²) in [6, 6.07) is 3.00. The van der Waals surface area contributed by atoms with Gasteiger partial charge >= 0.3 is 5.97 Å². The fraction of sp³-hybridized carbons (Fsp3) is 0.526. The van der Waals surface area contributed by atoms with E-state index in [9.17, 15) is 19.5 Å². The Hall–Kier alpha value is -1.96. The van der Waals surface area contributed by atoms with Gasteiger partial charge in [-0.15, -0.1) is 28.3 Å². The summed E-state index contributed by atoms with van der Waals surface area (Å²) in [4.78, 5) is 44.7. The minimum Gasteiger partial charge on any atom is -0.477 e. The number of hydrogen-bond donors (Lipinski definition) is 3. The number of carboxylic acid groups (broad SMARTS) is 1. The first-order chi connectivity index (χ1) is 14.8. The minimum atomic E-state index is -1.18. The highest BCUT2D eigenvalue weighted by Crippen LogP contribution is 2.40. The molecule has 1 aromatic heterocycles. The van der Waals surface area contributed by atoms with Gasteiger partial charge in [0.15, 0.2) is 0 Å². The van der Waals surface area contributed by atoms with Gasteiger partial charge in [0.25, 0.3) is 5.91 Å². The Balaban J connectivity index is 1.62. The number of hydrogen-bond acceptors (Lipinski definition) is 9. The summed E-state index contributed by atoms with van der Waals surface area (Å²) in [5.74, 6) is -1.45. The van der Waals surface area contributed by atoms with E-state index < -0.39 is 23.3 Å². The molecule has 2 aliphatic heterocycles. The van der Waals surface area contributed by atoms with Gasteiger partial charge in [-0.2, -0.15) is 5.53 Å². The number of carboxylic acids is 1. The fourth-order valence-electron chi connectivity index (χ4n) is 3.36.